The van der Waals surface area contributed by atoms with Crippen LogP contribution in [-0.4, -0.2) is 72.4 Å². The highest BCUT2D eigenvalue weighted by atomic mass is 16.7. The van der Waals surface area contributed by atoms with Crippen LogP contribution in [0, 0.1) is 0 Å². The lowest BCUT2D eigenvalue weighted by Gasteiger charge is -2.46. The van der Waals surface area contributed by atoms with E-state index in [9.17, 15) is 28.8 Å². The van der Waals surface area contributed by atoms with Crippen molar-refractivity contribution < 1.29 is 57.2 Å². The predicted octanol–water partition coefficient (Wildman–Crippen LogP) is -0.410. The maximum atomic E-state index is 11.7. The molecule has 1 saturated carbocycles. The molecule has 0 aromatic rings. The monoisotopic (exact) mass is 432 g/mol. The van der Waals surface area contributed by atoms with Crippen molar-refractivity contribution in [2.24, 2.45) is 0 Å². The average molecular weight is 432 g/mol. The first-order valence-corrected chi connectivity index (χ1v) is 8.86. The molecule has 0 unspecified atom stereocenters. The molecule has 1 aliphatic carbocycles. The van der Waals surface area contributed by atoms with Crippen molar-refractivity contribution in [3.8, 4) is 0 Å². The Hall–Kier alpha value is -3.18. The van der Waals surface area contributed by atoms with Crippen LogP contribution in [-0.2, 0) is 57.2 Å². The zero-order valence-corrected chi connectivity index (χ0v) is 17.4. The molecule has 0 N–H and O–H groups in total. The summed E-state index contributed by atoms with van der Waals surface area (Å²) in [6.07, 6.45) is -9.27. The topological polar surface area (TPSA) is 158 Å². The Bertz CT molecular complexity index is 547. The molecule has 1 rings (SSSR count). The first-order chi connectivity index (χ1) is 13.8. The van der Waals surface area contributed by atoms with Crippen molar-refractivity contribution in [1.82, 2.24) is 0 Å². The second-order valence-electron chi connectivity index (χ2n) is 6.44. The van der Waals surface area contributed by atoms with Crippen molar-refractivity contribution in [3.05, 3.63) is 0 Å². The molecule has 1 aliphatic rings. The fraction of sp³-hybridized carbons (Fsp3) is 0.667. The fourth-order valence-corrected chi connectivity index (χ4v) is 3.08. The van der Waals surface area contributed by atoms with Gasteiger partial charge in [-0.15, -0.1) is 0 Å². The molecule has 0 aromatic heterocycles. The van der Waals surface area contributed by atoms with Crippen LogP contribution in [0.2, 0.25) is 0 Å². The second-order valence-corrected chi connectivity index (χ2v) is 6.44. The van der Waals surface area contributed by atoms with Crippen molar-refractivity contribution in [2.45, 2.75) is 78.2 Å². The molecule has 1 fully saturated rings. The van der Waals surface area contributed by atoms with Gasteiger partial charge < -0.3 is 28.4 Å². The Morgan fingerprint density at radius 1 is 0.333 bits per heavy atom. The highest BCUT2D eigenvalue weighted by Gasteiger charge is 2.60. The van der Waals surface area contributed by atoms with Gasteiger partial charge in [-0.2, -0.15) is 0 Å². The van der Waals surface area contributed by atoms with Crippen molar-refractivity contribution >= 4 is 35.8 Å². The summed E-state index contributed by atoms with van der Waals surface area (Å²) in [5.74, 6) is -5.15. The summed E-state index contributed by atoms with van der Waals surface area (Å²) in [5.41, 5.74) is 0. The number of hydrogen-bond donors (Lipinski definition) is 0. The Morgan fingerprint density at radius 2 is 0.433 bits per heavy atom. The SMILES string of the molecule is CC(=O)O[C@H]1[C@H](OC(C)=O)[C@@H](OC(C)=O)[C@H](OC(C)=O)[C@@H](OC(C)=O)[C@H]1OC(C)=O. The van der Waals surface area contributed by atoms with E-state index in [1.54, 1.807) is 0 Å². The van der Waals surface area contributed by atoms with Gasteiger partial charge in [-0.05, 0) is 0 Å². The number of carbonyl (C=O) groups excluding carboxylic acids is 6. The van der Waals surface area contributed by atoms with Gasteiger partial charge in [-0.1, -0.05) is 0 Å². The zero-order chi connectivity index (χ0) is 23.2. The molecular weight excluding hydrogens is 408 g/mol. The highest BCUT2D eigenvalue weighted by Crippen LogP contribution is 2.34. The van der Waals surface area contributed by atoms with E-state index >= 15 is 0 Å². The molecule has 12 heteroatoms. The number of hydrogen-bond acceptors (Lipinski definition) is 12. The fourth-order valence-electron chi connectivity index (χ4n) is 3.08. The van der Waals surface area contributed by atoms with Crippen molar-refractivity contribution in [2.75, 3.05) is 0 Å². The molecular formula is C18H24O12. The van der Waals surface area contributed by atoms with Crippen LogP contribution in [0.4, 0.5) is 0 Å². The number of esters is 6. The Balaban J connectivity index is 3.66. The first kappa shape index (κ1) is 24.9. The second kappa shape index (κ2) is 10.6. The van der Waals surface area contributed by atoms with Gasteiger partial charge in [0.1, 0.15) is 0 Å². The summed E-state index contributed by atoms with van der Waals surface area (Å²) in [6, 6.07) is 0. The minimum Gasteiger partial charge on any atom is -0.454 e. The summed E-state index contributed by atoms with van der Waals surface area (Å²) < 4.78 is 31.1. The van der Waals surface area contributed by atoms with Gasteiger partial charge in [0, 0.05) is 41.5 Å². The quantitative estimate of drug-likeness (QED) is 0.395. The van der Waals surface area contributed by atoms with Crippen LogP contribution >= 0.6 is 0 Å². The van der Waals surface area contributed by atoms with Crippen molar-refractivity contribution in [1.29, 1.82) is 0 Å². The van der Waals surface area contributed by atoms with Gasteiger partial charge in [0.25, 0.3) is 0 Å². The third-order valence-electron chi connectivity index (χ3n) is 3.76. The lowest BCUT2D eigenvalue weighted by atomic mass is 9.83. The molecule has 0 radical (unpaired) electrons. The maximum absolute atomic E-state index is 11.7. The molecule has 0 atom stereocenters. The Labute approximate surface area is 172 Å². The molecule has 0 bridgehead atoms. The summed E-state index contributed by atoms with van der Waals surface area (Å²) in [4.78, 5) is 70.1. The number of carbonyl (C=O) groups is 6. The van der Waals surface area contributed by atoms with Crippen LogP contribution in [0.25, 0.3) is 0 Å². The normalized spacial score (nSPS) is 27.8. The lowest BCUT2D eigenvalue weighted by molar-refractivity contribution is -0.259. The average Bonchev–Trinajstić information content (AvgIpc) is 2.55. The van der Waals surface area contributed by atoms with Gasteiger partial charge >= 0.3 is 35.8 Å². The summed E-state index contributed by atoms with van der Waals surface area (Å²) in [7, 11) is 0. The first-order valence-electron chi connectivity index (χ1n) is 8.86. The zero-order valence-electron chi connectivity index (χ0n) is 17.4. The standard InChI is InChI=1S/C18H24O12/c1-7(19)25-13-14(26-8(2)20)16(28-10(4)22)18(30-12(6)24)17(29-11(5)23)15(13)27-9(3)21/h13-18H,1-6H3/t13-,14-,15-,16+,17-,18-. The van der Waals surface area contributed by atoms with E-state index in [1.165, 1.54) is 0 Å². The maximum Gasteiger partial charge on any atom is 0.303 e. The van der Waals surface area contributed by atoms with Crippen molar-refractivity contribution in [3.63, 3.8) is 0 Å². The molecule has 0 heterocycles. The van der Waals surface area contributed by atoms with Crippen LogP contribution in [0.3, 0.4) is 0 Å². The minimum atomic E-state index is -1.55. The number of rotatable bonds is 6. The molecule has 0 saturated heterocycles. The molecule has 0 aliphatic heterocycles. The number of ether oxygens (including phenoxy) is 6. The largest absolute Gasteiger partial charge is 0.454 e. The van der Waals surface area contributed by atoms with Gasteiger partial charge in [0.2, 0.25) is 0 Å². The van der Waals surface area contributed by atoms with Gasteiger partial charge in [0.05, 0.1) is 0 Å². The van der Waals surface area contributed by atoms with Crippen LogP contribution in [0.15, 0.2) is 0 Å². The van der Waals surface area contributed by atoms with E-state index in [0.29, 0.717) is 0 Å². The molecule has 0 aromatic carbocycles. The van der Waals surface area contributed by atoms with E-state index in [1.807, 2.05) is 0 Å². The van der Waals surface area contributed by atoms with Gasteiger partial charge in [-0.25, -0.2) is 0 Å². The molecule has 30 heavy (non-hydrogen) atoms. The summed E-state index contributed by atoms with van der Waals surface area (Å²) in [6.45, 7) is 6.22. The van der Waals surface area contributed by atoms with Crippen LogP contribution in [0.5, 0.6) is 0 Å². The Morgan fingerprint density at radius 3 is 0.500 bits per heavy atom. The summed E-state index contributed by atoms with van der Waals surface area (Å²) in [5, 5.41) is 0. The van der Waals surface area contributed by atoms with E-state index < -0.39 is 72.4 Å². The van der Waals surface area contributed by atoms with E-state index in [4.69, 9.17) is 28.4 Å². The van der Waals surface area contributed by atoms with E-state index in [-0.39, 0.29) is 0 Å². The van der Waals surface area contributed by atoms with E-state index in [0.717, 1.165) is 41.5 Å². The predicted molar refractivity (Wildman–Crippen MR) is 93.3 cm³/mol. The van der Waals surface area contributed by atoms with Gasteiger partial charge in [0.15, 0.2) is 36.6 Å². The van der Waals surface area contributed by atoms with Gasteiger partial charge in [-0.3, -0.25) is 28.8 Å². The molecule has 168 valence electrons. The third-order valence-corrected chi connectivity index (χ3v) is 3.76. The molecule has 0 spiro atoms. The van der Waals surface area contributed by atoms with Crippen LogP contribution < -0.4 is 0 Å². The Kier molecular flexibility index (Phi) is 8.75. The van der Waals surface area contributed by atoms with Crippen LogP contribution in [0.1, 0.15) is 41.5 Å². The highest BCUT2D eigenvalue weighted by molar-refractivity contribution is 5.71. The molecule has 0 amide bonds. The summed E-state index contributed by atoms with van der Waals surface area (Å²) >= 11 is 0. The lowest BCUT2D eigenvalue weighted by Crippen LogP contribution is -2.68. The minimum absolute atomic E-state index is 0.858. The molecule has 12 nitrogen and oxygen atoms in total. The smallest absolute Gasteiger partial charge is 0.303 e. The third kappa shape index (κ3) is 7.01. The van der Waals surface area contributed by atoms with E-state index in [2.05, 4.69) is 0 Å².